The second-order valence-electron chi connectivity index (χ2n) is 5.66. The predicted octanol–water partition coefficient (Wildman–Crippen LogP) is 3.92. The van der Waals surface area contributed by atoms with E-state index >= 15 is 0 Å². The molecule has 0 saturated carbocycles. The molecule has 0 aliphatic carbocycles. The van der Waals surface area contributed by atoms with Gasteiger partial charge in [-0.2, -0.15) is 0 Å². The van der Waals surface area contributed by atoms with Gasteiger partial charge in [-0.15, -0.1) is 0 Å². The molecule has 1 fully saturated rings. The summed E-state index contributed by atoms with van der Waals surface area (Å²) in [7, 11) is 0. The van der Waals surface area contributed by atoms with Crippen LogP contribution in [0.15, 0.2) is 28.4 Å². The molecule has 1 aliphatic heterocycles. The number of benzene rings is 1. The van der Waals surface area contributed by atoms with E-state index < -0.39 is 0 Å². The molecule has 3 nitrogen and oxygen atoms in total. The van der Waals surface area contributed by atoms with E-state index in [4.69, 9.17) is 4.74 Å². The molecule has 1 unspecified atom stereocenters. The summed E-state index contributed by atoms with van der Waals surface area (Å²) in [4.78, 5) is 11.5. The lowest BCUT2D eigenvalue weighted by Crippen LogP contribution is -2.36. The zero-order chi connectivity index (χ0) is 16.1. The van der Waals surface area contributed by atoms with Crippen LogP contribution in [0.25, 0.3) is 5.57 Å². The first kappa shape index (κ1) is 17.2. The monoisotopic (exact) mass is 369 g/mol. The molecule has 0 radical (unpaired) electrons. The summed E-state index contributed by atoms with van der Waals surface area (Å²) >= 11 is 3.32. The molecule has 1 N–H and O–H groups in total. The molecule has 120 valence electrons. The summed E-state index contributed by atoms with van der Waals surface area (Å²) in [5.41, 5.74) is 2.05. The maximum Gasteiger partial charge on any atom is 0.152 e. The molecule has 1 aromatic carbocycles. The number of carbonyl (C=O) groups excluding carboxylic acids is 1. The van der Waals surface area contributed by atoms with Gasteiger partial charge in [-0.1, -0.05) is 22.0 Å². The average molecular weight is 370 g/mol. The molecular weight excluding hydrogens is 349 g/mol. The van der Waals surface area contributed by atoms with Crippen molar-refractivity contribution in [1.29, 1.82) is 0 Å². The van der Waals surface area contributed by atoms with Crippen LogP contribution < -0.4 is 5.32 Å². The summed E-state index contributed by atoms with van der Waals surface area (Å²) in [6, 6.07) is 4.61. The molecule has 0 bridgehead atoms. The quantitative estimate of drug-likeness (QED) is 0.631. The maximum atomic E-state index is 13.2. The summed E-state index contributed by atoms with van der Waals surface area (Å²) in [5.74, 6) is 0.204. The Bertz CT molecular complexity index is 568. The largest absolute Gasteiger partial charge is 0.385 e. The summed E-state index contributed by atoms with van der Waals surface area (Å²) in [6.07, 6.45) is 2.87. The van der Waals surface area contributed by atoms with E-state index in [9.17, 15) is 9.18 Å². The highest BCUT2D eigenvalue weighted by Crippen LogP contribution is 2.27. The third-order valence-electron chi connectivity index (χ3n) is 4.16. The van der Waals surface area contributed by atoms with Crippen molar-refractivity contribution in [2.24, 2.45) is 5.92 Å². The van der Waals surface area contributed by atoms with Crippen LogP contribution in [-0.2, 0) is 9.53 Å². The van der Waals surface area contributed by atoms with E-state index in [0.717, 1.165) is 38.0 Å². The first-order valence-corrected chi connectivity index (χ1v) is 8.28. The Morgan fingerprint density at radius 1 is 1.45 bits per heavy atom. The number of hydrogen-bond donors (Lipinski definition) is 1. The number of hydrogen-bond acceptors (Lipinski definition) is 3. The second kappa shape index (κ2) is 7.88. The fourth-order valence-electron chi connectivity index (χ4n) is 2.81. The fraction of sp³-hybridized carbons (Fsp3) is 0.471. The summed E-state index contributed by atoms with van der Waals surface area (Å²) < 4.78 is 19.2. The lowest BCUT2D eigenvalue weighted by molar-refractivity contribution is -0.103. The van der Waals surface area contributed by atoms with Crippen molar-refractivity contribution in [3.8, 4) is 0 Å². The van der Waals surface area contributed by atoms with E-state index in [-0.39, 0.29) is 11.9 Å². The Balaban J connectivity index is 2.19. The minimum Gasteiger partial charge on any atom is -0.385 e. The average Bonchev–Trinajstić information content (AvgIpc) is 2.51. The van der Waals surface area contributed by atoms with Gasteiger partial charge < -0.3 is 10.1 Å². The van der Waals surface area contributed by atoms with Crippen LogP contribution in [0.3, 0.4) is 0 Å². The van der Waals surface area contributed by atoms with Gasteiger partial charge in [0.25, 0.3) is 0 Å². The van der Waals surface area contributed by atoms with Crippen molar-refractivity contribution in [3.63, 3.8) is 0 Å². The Kier molecular flexibility index (Phi) is 6.15. The van der Waals surface area contributed by atoms with Gasteiger partial charge in [0.15, 0.2) is 6.29 Å². The normalized spacial score (nSPS) is 18.5. The SMILES string of the molecule is C/C(NC(C)C1CCOCC1)=C(/C=O)c1ccc(F)cc1Br. The number of ether oxygens (including phenoxy) is 1. The van der Waals surface area contributed by atoms with E-state index in [1.165, 1.54) is 12.1 Å². The molecule has 0 spiro atoms. The van der Waals surface area contributed by atoms with Gasteiger partial charge >= 0.3 is 0 Å². The standard InChI is InChI=1S/C17H21BrFNO2/c1-11(13-5-7-22-8-6-13)20-12(2)16(10-21)15-4-3-14(19)9-17(15)18/h3-4,9-11,13,20H,5-8H2,1-2H3/b16-12+. The zero-order valence-corrected chi connectivity index (χ0v) is 14.5. The van der Waals surface area contributed by atoms with Crippen LogP contribution in [0.1, 0.15) is 32.3 Å². The van der Waals surface area contributed by atoms with Gasteiger partial charge in [-0.05, 0) is 44.7 Å². The van der Waals surface area contributed by atoms with E-state index in [2.05, 4.69) is 28.2 Å². The lowest BCUT2D eigenvalue weighted by atomic mass is 9.92. The van der Waals surface area contributed by atoms with Crippen molar-refractivity contribution < 1.29 is 13.9 Å². The molecule has 2 rings (SSSR count). The van der Waals surface area contributed by atoms with Gasteiger partial charge in [-0.3, -0.25) is 4.79 Å². The molecular formula is C17H21BrFNO2. The number of halogens is 2. The van der Waals surface area contributed by atoms with Crippen LogP contribution in [-0.4, -0.2) is 25.5 Å². The molecule has 1 atom stereocenters. The van der Waals surface area contributed by atoms with E-state index in [1.54, 1.807) is 6.07 Å². The molecule has 1 saturated heterocycles. The van der Waals surface area contributed by atoms with Gasteiger partial charge in [0.05, 0.1) is 0 Å². The van der Waals surface area contributed by atoms with Crippen LogP contribution in [0, 0.1) is 11.7 Å². The highest BCUT2D eigenvalue weighted by Gasteiger charge is 2.21. The summed E-state index contributed by atoms with van der Waals surface area (Å²) in [6.45, 7) is 5.60. The Hall–Kier alpha value is -1.20. The van der Waals surface area contributed by atoms with Crippen molar-refractivity contribution in [1.82, 2.24) is 5.32 Å². The number of rotatable bonds is 5. The van der Waals surface area contributed by atoms with Gasteiger partial charge in [0.2, 0.25) is 0 Å². The number of carbonyl (C=O) groups is 1. The third-order valence-corrected chi connectivity index (χ3v) is 4.82. The van der Waals surface area contributed by atoms with Crippen LogP contribution in [0.4, 0.5) is 4.39 Å². The summed E-state index contributed by atoms with van der Waals surface area (Å²) in [5, 5.41) is 3.42. The van der Waals surface area contributed by atoms with Crippen LogP contribution in [0.5, 0.6) is 0 Å². The Labute approximate surface area is 139 Å². The number of allylic oxidation sites excluding steroid dienone is 2. The maximum absolute atomic E-state index is 13.2. The van der Waals surface area contributed by atoms with E-state index in [1.807, 2.05) is 6.92 Å². The molecule has 0 aromatic heterocycles. The smallest absolute Gasteiger partial charge is 0.152 e. The topological polar surface area (TPSA) is 38.3 Å². The molecule has 1 aromatic rings. The van der Waals surface area contributed by atoms with E-state index in [0.29, 0.717) is 21.5 Å². The van der Waals surface area contributed by atoms with Crippen molar-refractivity contribution >= 4 is 27.8 Å². The Morgan fingerprint density at radius 2 is 2.14 bits per heavy atom. The van der Waals surface area contributed by atoms with Crippen molar-refractivity contribution in [2.75, 3.05) is 13.2 Å². The Morgan fingerprint density at radius 3 is 2.73 bits per heavy atom. The predicted molar refractivity (Wildman–Crippen MR) is 88.9 cm³/mol. The third kappa shape index (κ3) is 4.17. The molecule has 1 heterocycles. The van der Waals surface area contributed by atoms with Crippen molar-refractivity contribution in [3.05, 3.63) is 39.7 Å². The molecule has 1 aliphatic rings. The van der Waals surface area contributed by atoms with Gasteiger partial charge in [-0.25, -0.2) is 4.39 Å². The highest BCUT2D eigenvalue weighted by atomic mass is 79.9. The minimum atomic E-state index is -0.331. The van der Waals surface area contributed by atoms with Gasteiger partial charge in [0.1, 0.15) is 5.82 Å². The lowest BCUT2D eigenvalue weighted by Gasteiger charge is -2.29. The molecule has 22 heavy (non-hydrogen) atoms. The highest BCUT2D eigenvalue weighted by molar-refractivity contribution is 9.10. The van der Waals surface area contributed by atoms with Crippen molar-refractivity contribution in [2.45, 2.75) is 32.7 Å². The first-order valence-electron chi connectivity index (χ1n) is 7.48. The van der Waals surface area contributed by atoms with Crippen LogP contribution in [0.2, 0.25) is 0 Å². The number of aldehydes is 1. The molecule has 0 amide bonds. The van der Waals surface area contributed by atoms with Gasteiger partial charge in [0, 0.05) is 40.6 Å². The minimum absolute atomic E-state index is 0.262. The zero-order valence-electron chi connectivity index (χ0n) is 12.9. The first-order chi connectivity index (χ1) is 10.5. The second-order valence-corrected chi connectivity index (χ2v) is 6.52. The van der Waals surface area contributed by atoms with Crippen LogP contribution >= 0.6 is 15.9 Å². The molecule has 5 heteroatoms. The number of nitrogens with one attached hydrogen (secondary N) is 1. The fourth-order valence-corrected chi connectivity index (χ4v) is 3.38.